The fourth-order valence-corrected chi connectivity index (χ4v) is 4.59. The number of nitrogens with one attached hydrogen (secondary N) is 1. The predicted molar refractivity (Wildman–Crippen MR) is 125 cm³/mol. The summed E-state index contributed by atoms with van der Waals surface area (Å²) in [7, 11) is 0. The van der Waals surface area contributed by atoms with Crippen LogP contribution in [0, 0.1) is 19.8 Å². The largest absolute Gasteiger partial charge is 0.351 e. The van der Waals surface area contributed by atoms with E-state index >= 15 is 0 Å². The second kappa shape index (κ2) is 9.45. The molecule has 0 radical (unpaired) electrons. The summed E-state index contributed by atoms with van der Waals surface area (Å²) in [5, 5.41) is 7.94. The first kappa shape index (κ1) is 23.1. The fourth-order valence-electron chi connectivity index (χ4n) is 4.35. The minimum absolute atomic E-state index is 0.0863. The molecule has 1 aliphatic rings. The number of halogens is 2. The first-order chi connectivity index (χ1) is 15.7. The van der Waals surface area contributed by atoms with Crippen LogP contribution in [0.3, 0.4) is 0 Å². The van der Waals surface area contributed by atoms with Crippen LogP contribution >= 0.6 is 23.2 Å². The number of hydrogen-bond acceptors (Lipinski definition) is 5. The van der Waals surface area contributed by atoms with Gasteiger partial charge in [-0.2, -0.15) is 5.10 Å². The van der Waals surface area contributed by atoms with E-state index in [9.17, 15) is 14.4 Å². The predicted octanol–water partition coefficient (Wildman–Crippen LogP) is 4.25. The lowest BCUT2D eigenvalue weighted by Gasteiger charge is -2.17. The molecule has 1 aliphatic carbocycles. The molecule has 0 aliphatic heterocycles. The number of ketones is 2. The number of nitrogens with zero attached hydrogens (tertiary/aromatic N) is 3. The topological polar surface area (TPSA) is 93.9 Å². The van der Waals surface area contributed by atoms with Gasteiger partial charge in [0.15, 0.2) is 5.78 Å². The number of Topliss-reactive ketones (excluding diaryl/α,β-unsaturated/α-hetero) is 2. The molecule has 170 valence electrons. The lowest BCUT2D eigenvalue weighted by molar-refractivity contribution is -0.124. The van der Waals surface area contributed by atoms with Crippen LogP contribution in [0.1, 0.15) is 45.9 Å². The highest BCUT2D eigenvalue weighted by atomic mass is 35.5. The van der Waals surface area contributed by atoms with Crippen LogP contribution in [0.25, 0.3) is 5.69 Å². The molecular weight excluding hydrogens is 463 g/mol. The molecule has 2 atom stereocenters. The Kier molecular flexibility index (Phi) is 6.63. The number of rotatable bonds is 6. The molecular formula is C24H22Cl2N4O3. The van der Waals surface area contributed by atoms with Gasteiger partial charge in [0.25, 0.3) is 5.91 Å². The third-order valence-corrected chi connectivity index (χ3v) is 6.30. The van der Waals surface area contributed by atoms with Crippen molar-refractivity contribution in [2.45, 2.75) is 32.6 Å². The van der Waals surface area contributed by atoms with E-state index in [0.29, 0.717) is 16.5 Å². The SMILES string of the molecule is Cc1cc(-n2cc(Cl)cn2)cc(C)c1C1C(=O)CC(CCNC(=O)c2ccc(Cl)cn2)C1=O. The number of aromatic nitrogens is 3. The highest BCUT2D eigenvalue weighted by Crippen LogP contribution is 2.37. The second-order valence-corrected chi connectivity index (χ2v) is 9.08. The first-order valence-corrected chi connectivity index (χ1v) is 11.3. The van der Waals surface area contributed by atoms with Crippen molar-refractivity contribution >= 4 is 40.7 Å². The van der Waals surface area contributed by atoms with Gasteiger partial charge in [-0.05, 0) is 61.2 Å². The summed E-state index contributed by atoms with van der Waals surface area (Å²) in [6.07, 6.45) is 5.22. The quantitative estimate of drug-likeness (QED) is 0.527. The number of hydrogen-bond donors (Lipinski definition) is 1. The Morgan fingerprint density at radius 1 is 1.12 bits per heavy atom. The maximum absolute atomic E-state index is 13.2. The number of carbonyl (C=O) groups is 3. The number of aryl methyl sites for hydroxylation is 2. The Bertz CT molecular complexity index is 1210. The highest BCUT2D eigenvalue weighted by molar-refractivity contribution is 6.30. The molecule has 2 heterocycles. The van der Waals surface area contributed by atoms with Crippen LogP contribution in [0.15, 0.2) is 42.9 Å². The molecule has 7 nitrogen and oxygen atoms in total. The average Bonchev–Trinajstić information content (AvgIpc) is 3.32. The summed E-state index contributed by atoms with van der Waals surface area (Å²) in [5.74, 6) is -1.74. The maximum Gasteiger partial charge on any atom is 0.269 e. The molecule has 4 rings (SSSR count). The summed E-state index contributed by atoms with van der Waals surface area (Å²) in [6.45, 7) is 4.06. The van der Waals surface area contributed by atoms with Crippen LogP contribution in [-0.2, 0) is 9.59 Å². The molecule has 2 aromatic heterocycles. The van der Waals surface area contributed by atoms with Gasteiger partial charge < -0.3 is 5.32 Å². The van der Waals surface area contributed by atoms with Crippen LogP contribution in [0.5, 0.6) is 0 Å². The Labute approximate surface area is 201 Å². The van der Waals surface area contributed by atoms with Gasteiger partial charge in [-0.15, -0.1) is 0 Å². The van der Waals surface area contributed by atoms with Gasteiger partial charge in [-0.25, -0.2) is 9.67 Å². The molecule has 0 bridgehead atoms. The van der Waals surface area contributed by atoms with Gasteiger partial charge in [0.1, 0.15) is 17.4 Å². The molecule has 1 fully saturated rings. The van der Waals surface area contributed by atoms with Gasteiger partial charge in [0.2, 0.25) is 0 Å². The average molecular weight is 485 g/mol. The van der Waals surface area contributed by atoms with E-state index < -0.39 is 11.8 Å². The zero-order valence-electron chi connectivity index (χ0n) is 18.1. The van der Waals surface area contributed by atoms with Gasteiger partial charge in [-0.1, -0.05) is 23.2 Å². The number of carbonyl (C=O) groups excluding carboxylic acids is 3. The molecule has 1 saturated carbocycles. The van der Waals surface area contributed by atoms with Crippen LogP contribution in [0.4, 0.5) is 0 Å². The number of pyridine rings is 1. The smallest absolute Gasteiger partial charge is 0.269 e. The zero-order valence-corrected chi connectivity index (χ0v) is 19.7. The van der Waals surface area contributed by atoms with Gasteiger partial charge >= 0.3 is 0 Å². The third-order valence-electron chi connectivity index (χ3n) is 5.88. The third kappa shape index (κ3) is 4.84. The van der Waals surface area contributed by atoms with E-state index in [2.05, 4.69) is 15.4 Å². The molecule has 1 amide bonds. The molecule has 3 aromatic rings. The Hall–Kier alpha value is -3.03. The van der Waals surface area contributed by atoms with Crippen molar-refractivity contribution in [1.82, 2.24) is 20.1 Å². The standard InChI is InChI=1S/C24H22Cl2N4O3/c1-13-7-18(30-12-17(26)11-29-30)8-14(2)21(13)22-20(31)9-15(23(22)32)5-6-27-24(33)19-4-3-16(25)10-28-19/h3-4,7-8,10-12,15,22H,5-6,9H2,1-2H3,(H,27,33). The summed E-state index contributed by atoms with van der Waals surface area (Å²) < 4.78 is 1.66. The van der Waals surface area contributed by atoms with Gasteiger partial charge in [0, 0.05) is 31.3 Å². The van der Waals surface area contributed by atoms with Gasteiger partial charge in [-0.3, -0.25) is 14.4 Å². The monoisotopic (exact) mass is 484 g/mol. The molecule has 1 aromatic carbocycles. The minimum Gasteiger partial charge on any atom is -0.351 e. The molecule has 33 heavy (non-hydrogen) atoms. The van der Waals surface area contributed by atoms with E-state index in [-0.39, 0.29) is 36.1 Å². The number of benzene rings is 1. The van der Waals surface area contributed by atoms with Crippen LogP contribution in [0.2, 0.25) is 10.0 Å². The Morgan fingerprint density at radius 2 is 1.85 bits per heavy atom. The summed E-state index contributed by atoms with van der Waals surface area (Å²) in [5.41, 5.74) is 3.52. The van der Waals surface area contributed by atoms with E-state index in [0.717, 1.165) is 22.4 Å². The van der Waals surface area contributed by atoms with Crippen LogP contribution in [-0.4, -0.2) is 38.8 Å². The van der Waals surface area contributed by atoms with E-state index in [4.69, 9.17) is 23.2 Å². The van der Waals surface area contributed by atoms with Crippen molar-refractivity contribution < 1.29 is 14.4 Å². The molecule has 2 unspecified atom stereocenters. The minimum atomic E-state index is -0.779. The fraction of sp³-hybridized carbons (Fsp3) is 0.292. The van der Waals surface area contributed by atoms with Crippen LogP contribution < -0.4 is 5.32 Å². The van der Waals surface area contributed by atoms with Crippen molar-refractivity contribution in [2.75, 3.05) is 6.54 Å². The first-order valence-electron chi connectivity index (χ1n) is 10.5. The second-order valence-electron chi connectivity index (χ2n) is 8.21. The lowest BCUT2D eigenvalue weighted by Crippen LogP contribution is -2.28. The Morgan fingerprint density at radius 3 is 2.45 bits per heavy atom. The summed E-state index contributed by atoms with van der Waals surface area (Å²) >= 11 is 11.8. The summed E-state index contributed by atoms with van der Waals surface area (Å²) in [4.78, 5) is 42.2. The molecule has 9 heteroatoms. The van der Waals surface area contributed by atoms with Crippen molar-refractivity contribution in [3.8, 4) is 5.69 Å². The molecule has 1 N–H and O–H groups in total. The van der Waals surface area contributed by atoms with Crippen molar-refractivity contribution in [1.29, 1.82) is 0 Å². The maximum atomic E-state index is 13.2. The number of amides is 1. The lowest BCUT2D eigenvalue weighted by atomic mass is 9.87. The molecule has 0 spiro atoms. The zero-order chi connectivity index (χ0) is 23.7. The molecule has 0 saturated heterocycles. The Balaban J connectivity index is 1.45. The van der Waals surface area contributed by atoms with E-state index in [1.54, 1.807) is 23.1 Å². The van der Waals surface area contributed by atoms with E-state index in [1.807, 2.05) is 26.0 Å². The van der Waals surface area contributed by atoms with Crippen molar-refractivity contribution in [3.63, 3.8) is 0 Å². The summed E-state index contributed by atoms with van der Waals surface area (Å²) in [6, 6.07) is 6.92. The van der Waals surface area contributed by atoms with Gasteiger partial charge in [0.05, 0.1) is 21.9 Å². The highest BCUT2D eigenvalue weighted by Gasteiger charge is 2.42. The normalized spacial score (nSPS) is 18.1. The van der Waals surface area contributed by atoms with Crippen molar-refractivity contribution in [3.05, 3.63) is 75.3 Å². The van der Waals surface area contributed by atoms with E-state index in [1.165, 1.54) is 12.3 Å². The van der Waals surface area contributed by atoms with Crippen molar-refractivity contribution in [2.24, 2.45) is 5.92 Å².